The van der Waals surface area contributed by atoms with E-state index in [1.807, 2.05) is 42.5 Å². The lowest BCUT2D eigenvalue weighted by Crippen LogP contribution is -2.30. The molecule has 8 heteroatoms. The number of anilines is 1. The maximum absolute atomic E-state index is 12.6. The number of nitrogens with zero attached hydrogens (tertiary/aromatic N) is 1. The number of hydrogen-bond acceptors (Lipinski definition) is 5. The van der Waals surface area contributed by atoms with Crippen LogP contribution in [0.1, 0.15) is 17.3 Å². The van der Waals surface area contributed by atoms with Crippen LogP contribution in [0.4, 0.5) is 11.4 Å². The maximum atomic E-state index is 12.6. The molecule has 3 aromatic carbocycles. The molecule has 1 atom stereocenters. The first-order chi connectivity index (χ1) is 14.4. The number of nitro groups is 1. The highest BCUT2D eigenvalue weighted by molar-refractivity contribution is 6.31. The van der Waals surface area contributed by atoms with E-state index in [1.165, 1.54) is 19.1 Å². The van der Waals surface area contributed by atoms with Gasteiger partial charge in [0, 0.05) is 22.3 Å². The molecule has 0 saturated heterocycles. The molecule has 0 fully saturated rings. The minimum Gasteiger partial charge on any atom is -0.449 e. The predicted molar refractivity (Wildman–Crippen MR) is 113 cm³/mol. The van der Waals surface area contributed by atoms with Crippen LogP contribution in [0.25, 0.3) is 11.1 Å². The second-order valence-electron chi connectivity index (χ2n) is 6.37. The fourth-order valence-electron chi connectivity index (χ4n) is 2.80. The summed E-state index contributed by atoms with van der Waals surface area (Å²) in [5.41, 5.74) is 1.49. The van der Waals surface area contributed by atoms with Gasteiger partial charge in [-0.3, -0.25) is 14.9 Å². The molecule has 0 aliphatic heterocycles. The molecule has 0 saturated carbocycles. The molecule has 1 N–H and O–H groups in total. The van der Waals surface area contributed by atoms with Crippen LogP contribution in [-0.4, -0.2) is 22.9 Å². The largest absolute Gasteiger partial charge is 0.449 e. The van der Waals surface area contributed by atoms with Crippen molar-refractivity contribution in [3.05, 3.63) is 93.5 Å². The number of amides is 1. The van der Waals surface area contributed by atoms with E-state index in [0.29, 0.717) is 5.69 Å². The van der Waals surface area contributed by atoms with Gasteiger partial charge < -0.3 is 10.1 Å². The third-order valence-corrected chi connectivity index (χ3v) is 4.53. The fourth-order valence-corrected chi connectivity index (χ4v) is 2.97. The summed E-state index contributed by atoms with van der Waals surface area (Å²) in [6.07, 6.45) is -1.18. The first-order valence-electron chi connectivity index (χ1n) is 8.97. The molecule has 0 bridgehead atoms. The third kappa shape index (κ3) is 4.82. The van der Waals surface area contributed by atoms with E-state index < -0.39 is 28.6 Å². The molecule has 0 aliphatic carbocycles. The quantitative estimate of drug-likeness (QED) is 0.337. The van der Waals surface area contributed by atoms with Gasteiger partial charge in [0.05, 0.1) is 4.92 Å². The van der Waals surface area contributed by atoms with Crippen molar-refractivity contribution in [3.8, 4) is 11.1 Å². The average Bonchev–Trinajstić information content (AvgIpc) is 2.74. The Morgan fingerprint density at radius 2 is 1.70 bits per heavy atom. The highest BCUT2D eigenvalue weighted by atomic mass is 35.5. The van der Waals surface area contributed by atoms with Crippen LogP contribution in [0.2, 0.25) is 5.02 Å². The predicted octanol–water partition coefficient (Wildman–Crippen LogP) is 5.10. The highest BCUT2D eigenvalue weighted by Crippen LogP contribution is 2.28. The zero-order chi connectivity index (χ0) is 21.7. The van der Waals surface area contributed by atoms with Crippen molar-refractivity contribution in [2.45, 2.75) is 13.0 Å². The molecule has 0 aromatic heterocycles. The first-order valence-corrected chi connectivity index (χ1v) is 9.35. The number of para-hydroxylation sites is 1. The average molecular weight is 425 g/mol. The van der Waals surface area contributed by atoms with E-state index in [1.54, 1.807) is 12.1 Å². The van der Waals surface area contributed by atoms with E-state index in [0.717, 1.165) is 17.2 Å². The lowest BCUT2D eigenvalue weighted by molar-refractivity contribution is -0.385. The summed E-state index contributed by atoms with van der Waals surface area (Å²) in [5, 5.41) is 14.0. The minimum atomic E-state index is -1.18. The van der Waals surface area contributed by atoms with E-state index in [9.17, 15) is 19.7 Å². The Kier molecular flexibility index (Phi) is 6.44. The lowest BCUT2D eigenvalue weighted by atomic mass is 10.0. The molecular formula is C22H17ClN2O5. The highest BCUT2D eigenvalue weighted by Gasteiger charge is 2.26. The molecule has 0 radical (unpaired) electrons. The molecule has 0 aliphatic rings. The second-order valence-corrected chi connectivity index (χ2v) is 6.80. The topological polar surface area (TPSA) is 98.5 Å². The number of halogens is 1. The number of nitro benzene ring substituents is 1. The smallest absolute Gasteiger partial charge is 0.345 e. The molecule has 1 amide bonds. The molecule has 152 valence electrons. The molecular weight excluding hydrogens is 408 g/mol. The van der Waals surface area contributed by atoms with E-state index in [4.69, 9.17) is 16.3 Å². The van der Waals surface area contributed by atoms with Crippen LogP contribution < -0.4 is 5.32 Å². The Balaban J connectivity index is 1.75. The van der Waals surface area contributed by atoms with Gasteiger partial charge in [0.25, 0.3) is 11.6 Å². The van der Waals surface area contributed by atoms with Crippen molar-refractivity contribution in [2.24, 2.45) is 0 Å². The summed E-state index contributed by atoms with van der Waals surface area (Å²) in [6.45, 7) is 1.39. The molecule has 3 rings (SSSR count). The molecule has 0 heterocycles. The Hall–Kier alpha value is -3.71. The fraction of sp³-hybridized carbons (Fsp3) is 0.0909. The normalized spacial score (nSPS) is 11.4. The SMILES string of the molecule is CC(OC(=O)c1ccc(Cl)cc1[N+](=O)[O-])C(=O)Nc1ccccc1-c1ccccc1. The summed E-state index contributed by atoms with van der Waals surface area (Å²) in [5.74, 6) is -1.55. The van der Waals surface area contributed by atoms with Gasteiger partial charge in [-0.1, -0.05) is 60.1 Å². The first kappa shape index (κ1) is 21.0. The van der Waals surface area contributed by atoms with Gasteiger partial charge in [0.15, 0.2) is 6.10 Å². The Morgan fingerprint density at radius 1 is 1.03 bits per heavy atom. The van der Waals surface area contributed by atoms with Crippen molar-refractivity contribution in [2.75, 3.05) is 5.32 Å². The van der Waals surface area contributed by atoms with Gasteiger partial charge in [-0.15, -0.1) is 0 Å². The van der Waals surface area contributed by atoms with Gasteiger partial charge in [-0.2, -0.15) is 0 Å². The monoisotopic (exact) mass is 424 g/mol. The molecule has 3 aromatic rings. The Morgan fingerprint density at radius 3 is 2.40 bits per heavy atom. The van der Waals surface area contributed by atoms with E-state index in [-0.39, 0.29) is 10.6 Å². The van der Waals surface area contributed by atoms with Crippen LogP contribution in [0, 0.1) is 10.1 Å². The van der Waals surface area contributed by atoms with Crippen LogP contribution in [0.15, 0.2) is 72.8 Å². The molecule has 30 heavy (non-hydrogen) atoms. The van der Waals surface area contributed by atoms with Crippen molar-refractivity contribution in [1.82, 2.24) is 0 Å². The maximum Gasteiger partial charge on any atom is 0.345 e. The minimum absolute atomic E-state index is 0.113. The summed E-state index contributed by atoms with van der Waals surface area (Å²) in [4.78, 5) is 35.4. The number of benzene rings is 3. The standard InChI is InChI=1S/C22H17ClN2O5/c1-14(30-22(27)18-12-11-16(23)13-20(18)25(28)29)21(26)24-19-10-6-5-9-17(19)15-7-3-2-4-8-15/h2-14H,1H3,(H,24,26). The van der Waals surface area contributed by atoms with Crippen LogP contribution in [0.3, 0.4) is 0 Å². The van der Waals surface area contributed by atoms with Crippen molar-refractivity contribution >= 4 is 34.9 Å². The number of ether oxygens (including phenoxy) is 1. The van der Waals surface area contributed by atoms with Crippen LogP contribution in [0.5, 0.6) is 0 Å². The van der Waals surface area contributed by atoms with Crippen molar-refractivity contribution in [3.63, 3.8) is 0 Å². The number of hydrogen-bond donors (Lipinski definition) is 1. The molecule has 0 spiro atoms. The number of rotatable bonds is 6. The molecule has 1 unspecified atom stereocenters. The van der Waals surface area contributed by atoms with E-state index in [2.05, 4.69) is 5.32 Å². The zero-order valence-corrected chi connectivity index (χ0v) is 16.6. The number of esters is 1. The number of carbonyl (C=O) groups is 2. The van der Waals surface area contributed by atoms with Gasteiger partial charge in [-0.05, 0) is 30.7 Å². The van der Waals surface area contributed by atoms with Gasteiger partial charge >= 0.3 is 5.97 Å². The van der Waals surface area contributed by atoms with Gasteiger partial charge in [0.1, 0.15) is 5.56 Å². The van der Waals surface area contributed by atoms with Crippen molar-refractivity contribution < 1.29 is 19.2 Å². The van der Waals surface area contributed by atoms with Crippen LogP contribution in [-0.2, 0) is 9.53 Å². The lowest BCUT2D eigenvalue weighted by Gasteiger charge is -2.16. The summed E-state index contributed by atoms with van der Waals surface area (Å²) >= 11 is 5.76. The zero-order valence-electron chi connectivity index (χ0n) is 15.9. The second kappa shape index (κ2) is 9.19. The Labute approximate surface area is 177 Å². The number of carbonyl (C=O) groups excluding carboxylic acids is 2. The van der Waals surface area contributed by atoms with Crippen molar-refractivity contribution in [1.29, 1.82) is 0 Å². The third-order valence-electron chi connectivity index (χ3n) is 4.30. The summed E-state index contributed by atoms with van der Waals surface area (Å²) < 4.78 is 5.15. The summed E-state index contributed by atoms with van der Waals surface area (Å²) in [6, 6.07) is 20.3. The summed E-state index contributed by atoms with van der Waals surface area (Å²) in [7, 11) is 0. The Bertz CT molecular complexity index is 1100. The van der Waals surface area contributed by atoms with Gasteiger partial charge in [0.2, 0.25) is 0 Å². The number of nitrogens with one attached hydrogen (secondary N) is 1. The van der Waals surface area contributed by atoms with Gasteiger partial charge in [-0.25, -0.2) is 4.79 Å². The molecule has 7 nitrogen and oxygen atoms in total. The van der Waals surface area contributed by atoms with E-state index >= 15 is 0 Å². The van der Waals surface area contributed by atoms with Crippen LogP contribution >= 0.6 is 11.6 Å².